The maximum Gasteiger partial charge on any atom is 0.410 e. The average Bonchev–Trinajstić information content (AvgIpc) is 2.96. The number of halogens is 3. The van der Waals surface area contributed by atoms with Gasteiger partial charge in [0.25, 0.3) is 0 Å². The van der Waals surface area contributed by atoms with Crippen molar-refractivity contribution in [3.63, 3.8) is 0 Å². The van der Waals surface area contributed by atoms with Crippen molar-refractivity contribution in [2.24, 2.45) is 0 Å². The van der Waals surface area contributed by atoms with Gasteiger partial charge in [-0.05, 0) is 17.7 Å². The predicted octanol–water partition coefficient (Wildman–Crippen LogP) is 3.42. The van der Waals surface area contributed by atoms with E-state index in [-0.39, 0.29) is 17.8 Å². The summed E-state index contributed by atoms with van der Waals surface area (Å²) < 4.78 is 46.1. The van der Waals surface area contributed by atoms with Gasteiger partial charge in [0.1, 0.15) is 23.2 Å². The summed E-state index contributed by atoms with van der Waals surface area (Å²) in [5.74, 6) is 0.654. The van der Waals surface area contributed by atoms with Crippen LogP contribution in [0.3, 0.4) is 0 Å². The molecule has 2 atom stereocenters. The van der Waals surface area contributed by atoms with Crippen LogP contribution >= 0.6 is 0 Å². The Morgan fingerprint density at radius 2 is 2.22 bits per heavy atom. The zero-order valence-corrected chi connectivity index (χ0v) is 12.1. The molecule has 5 nitrogen and oxygen atoms in total. The van der Waals surface area contributed by atoms with Gasteiger partial charge in [0.05, 0.1) is 19.3 Å². The van der Waals surface area contributed by atoms with Crippen molar-refractivity contribution in [2.45, 2.75) is 24.7 Å². The normalized spacial score (nSPS) is 20.3. The van der Waals surface area contributed by atoms with Gasteiger partial charge in [0, 0.05) is 6.42 Å². The van der Waals surface area contributed by atoms with E-state index in [1.165, 1.54) is 7.11 Å². The first-order valence-electron chi connectivity index (χ1n) is 6.89. The molecule has 1 aromatic carbocycles. The highest BCUT2D eigenvalue weighted by molar-refractivity contribution is 5.55. The summed E-state index contributed by atoms with van der Waals surface area (Å²) in [5, 5.41) is 15.8. The van der Waals surface area contributed by atoms with E-state index in [9.17, 15) is 13.2 Å². The van der Waals surface area contributed by atoms with Gasteiger partial charge in [-0.1, -0.05) is 12.1 Å². The molecule has 120 valence electrons. The summed E-state index contributed by atoms with van der Waals surface area (Å²) in [4.78, 5) is 0. The zero-order chi connectivity index (χ0) is 16.6. The van der Waals surface area contributed by atoms with Crippen LogP contribution in [0.1, 0.15) is 29.6 Å². The second kappa shape index (κ2) is 5.50. The Balaban J connectivity index is 2.04. The molecular weight excluding hydrogens is 309 g/mol. The second-order valence-electron chi connectivity index (χ2n) is 5.23. The first kappa shape index (κ1) is 15.2. The van der Waals surface area contributed by atoms with E-state index in [2.05, 4.69) is 10.4 Å². The van der Waals surface area contributed by atoms with Crippen LogP contribution in [-0.4, -0.2) is 23.1 Å². The fourth-order valence-electron chi connectivity index (χ4n) is 2.72. The van der Waals surface area contributed by atoms with Crippen LogP contribution in [0, 0.1) is 11.3 Å². The maximum atomic E-state index is 13.4. The Hall–Kier alpha value is -2.69. The Morgan fingerprint density at radius 3 is 2.87 bits per heavy atom. The molecule has 1 aliphatic heterocycles. The van der Waals surface area contributed by atoms with E-state index in [4.69, 9.17) is 10.00 Å². The lowest BCUT2D eigenvalue weighted by Crippen LogP contribution is -2.35. The number of ether oxygens (including phenoxy) is 1. The summed E-state index contributed by atoms with van der Waals surface area (Å²) in [6.45, 7) is 0. The number of benzene rings is 1. The van der Waals surface area contributed by atoms with Crippen LogP contribution in [0.4, 0.5) is 19.0 Å². The molecule has 0 bridgehead atoms. The number of nitrogens with zero attached hydrogens (tertiary/aromatic N) is 3. The molecule has 1 N–H and O–H groups in total. The summed E-state index contributed by atoms with van der Waals surface area (Å²) >= 11 is 0. The van der Waals surface area contributed by atoms with Crippen molar-refractivity contribution >= 4 is 5.82 Å². The lowest BCUT2D eigenvalue weighted by molar-refractivity contribution is -0.173. The molecule has 0 aliphatic carbocycles. The average molecular weight is 322 g/mol. The highest BCUT2D eigenvalue weighted by Gasteiger charge is 2.46. The van der Waals surface area contributed by atoms with Gasteiger partial charge in [0.15, 0.2) is 6.04 Å². The first-order valence-corrected chi connectivity index (χ1v) is 6.89. The van der Waals surface area contributed by atoms with E-state index < -0.39 is 18.3 Å². The standard InChI is InChI=1S/C15H13F3N4O/c1-23-11-4-2-3-9(5-11)12-6-13(15(16,17)18)22-14(21-12)10(7-19)8-20-22/h2-5,8,12-13,21H,6H2,1H3/t12-,13-/m1/s1. The fourth-order valence-corrected chi connectivity index (χ4v) is 2.72. The molecule has 2 aromatic rings. The largest absolute Gasteiger partial charge is 0.497 e. The fraction of sp³-hybridized carbons (Fsp3) is 0.333. The molecule has 0 radical (unpaired) electrons. The third-order valence-electron chi connectivity index (χ3n) is 3.86. The minimum atomic E-state index is -4.45. The van der Waals surface area contributed by atoms with Crippen molar-refractivity contribution < 1.29 is 17.9 Å². The van der Waals surface area contributed by atoms with E-state index in [1.54, 1.807) is 24.3 Å². The van der Waals surface area contributed by atoms with Gasteiger partial charge in [-0.3, -0.25) is 0 Å². The third-order valence-corrected chi connectivity index (χ3v) is 3.86. The highest BCUT2D eigenvalue weighted by atomic mass is 19.4. The minimum absolute atomic E-state index is 0.0897. The molecule has 0 fully saturated rings. The quantitative estimate of drug-likeness (QED) is 0.920. The monoisotopic (exact) mass is 322 g/mol. The summed E-state index contributed by atoms with van der Waals surface area (Å²) in [5.41, 5.74) is 0.752. The molecular formula is C15H13F3N4O. The molecule has 0 spiro atoms. The lowest BCUT2D eigenvalue weighted by Gasteiger charge is -2.33. The summed E-state index contributed by atoms with van der Waals surface area (Å²) in [6, 6.07) is 6.34. The van der Waals surface area contributed by atoms with Crippen LogP contribution in [0.25, 0.3) is 0 Å². The van der Waals surface area contributed by atoms with Gasteiger partial charge in [-0.25, -0.2) is 4.68 Å². The minimum Gasteiger partial charge on any atom is -0.497 e. The van der Waals surface area contributed by atoms with Crippen molar-refractivity contribution in [1.82, 2.24) is 9.78 Å². The number of nitrogens with one attached hydrogen (secondary N) is 1. The molecule has 0 saturated heterocycles. The molecule has 23 heavy (non-hydrogen) atoms. The van der Waals surface area contributed by atoms with Crippen LogP contribution in [0.5, 0.6) is 5.75 Å². The SMILES string of the molecule is COc1cccc([C@H]2C[C@H](C(F)(F)F)n3ncc(C#N)c3N2)c1. The van der Waals surface area contributed by atoms with Gasteiger partial charge in [-0.2, -0.15) is 23.5 Å². The topological polar surface area (TPSA) is 62.9 Å². The Bertz CT molecular complexity index is 763. The van der Waals surface area contributed by atoms with Crippen LogP contribution in [0.15, 0.2) is 30.5 Å². The molecule has 0 saturated carbocycles. The number of nitriles is 1. The van der Waals surface area contributed by atoms with Crippen molar-refractivity contribution in [3.05, 3.63) is 41.6 Å². The summed E-state index contributed by atoms with van der Waals surface area (Å²) in [6.07, 6.45) is -3.52. The van der Waals surface area contributed by atoms with Gasteiger partial charge in [-0.15, -0.1) is 0 Å². The number of methoxy groups -OCH3 is 1. The van der Waals surface area contributed by atoms with E-state index in [0.717, 1.165) is 10.9 Å². The predicted molar refractivity (Wildman–Crippen MR) is 76.0 cm³/mol. The first-order chi connectivity index (χ1) is 10.9. The molecule has 0 unspecified atom stereocenters. The smallest absolute Gasteiger partial charge is 0.410 e. The van der Waals surface area contributed by atoms with E-state index in [1.807, 2.05) is 6.07 Å². The Labute approximate surface area is 130 Å². The number of alkyl halides is 3. The summed E-state index contributed by atoms with van der Waals surface area (Å²) in [7, 11) is 1.49. The number of aromatic nitrogens is 2. The number of anilines is 1. The maximum absolute atomic E-state index is 13.4. The van der Waals surface area contributed by atoms with E-state index in [0.29, 0.717) is 11.3 Å². The van der Waals surface area contributed by atoms with Crippen molar-refractivity contribution in [2.75, 3.05) is 12.4 Å². The number of hydrogen-bond acceptors (Lipinski definition) is 4. The third kappa shape index (κ3) is 2.70. The number of fused-ring (bicyclic) bond motifs is 1. The number of hydrogen-bond donors (Lipinski definition) is 1. The van der Waals surface area contributed by atoms with Crippen molar-refractivity contribution in [1.29, 1.82) is 5.26 Å². The van der Waals surface area contributed by atoms with Crippen molar-refractivity contribution in [3.8, 4) is 11.8 Å². The molecule has 0 amide bonds. The lowest BCUT2D eigenvalue weighted by atomic mass is 9.96. The van der Waals surface area contributed by atoms with Crippen LogP contribution < -0.4 is 10.1 Å². The van der Waals surface area contributed by atoms with E-state index >= 15 is 0 Å². The molecule has 3 rings (SSSR count). The van der Waals surface area contributed by atoms with Gasteiger partial charge >= 0.3 is 6.18 Å². The Kier molecular flexibility index (Phi) is 3.64. The molecule has 2 heterocycles. The molecule has 8 heteroatoms. The second-order valence-corrected chi connectivity index (χ2v) is 5.23. The van der Waals surface area contributed by atoms with Gasteiger partial charge in [0.2, 0.25) is 0 Å². The molecule has 1 aliphatic rings. The van der Waals surface area contributed by atoms with Gasteiger partial charge < -0.3 is 10.1 Å². The van der Waals surface area contributed by atoms with Crippen LogP contribution in [-0.2, 0) is 0 Å². The van der Waals surface area contributed by atoms with Crippen LogP contribution in [0.2, 0.25) is 0 Å². The Morgan fingerprint density at radius 1 is 1.43 bits per heavy atom. The molecule has 1 aromatic heterocycles. The number of rotatable bonds is 2. The zero-order valence-electron chi connectivity index (χ0n) is 12.1. The highest BCUT2D eigenvalue weighted by Crippen LogP contribution is 2.44.